The van der Waals surface area contributed by atoms with Crippen LogP contribution in [0.25, 0.3) is 32.4 Å². The van der Waals surface area contributed by atoms with Crippen molar-refractivity contribution in [1.82, 2.24) is 4.98 Å². The fourth-order valence-electron chi connectivity index (χ4n) is 4.23. The van der Waals surface area contributed by atoms with Crippen LogP contribution in [0.4, 0.5) is 0 Å². The Morgan fingerprint density at radius 2 is 1.78 bits per heavy atom. The predicted octanol–water partition coefficient (Wildman–Crippen LogP) is 0.673. The third-order valence-corrected chi connectivity index (χ3v) is 5.92. The number of benzene rings is 3. The molecule has 1 aliphatic heterocycles. The lowest BCUT2D eigenvalue weighted by atomic mass is 10.0. The van der Waals surface area contributed by atoms with Crippen LogP contribution in [0.2, 0.25) is 0 Å². The number of rotatable bonds is 4. The normalized spacial score (nSPS) is 25.7. The van der Waals surface area contributed by atoms with Crippen LogP contribution >= 0.6 is 0 Å². The highest BCUT2D eigenvalue weighted by molar-refractivity contribution is 6.14. The molecule has 0 amide bonds. The molecule has 1 saturated heterocycles. The van der Waals surface area contributed by atoms with Crippen molar-refractivity contribution < 1.29 is 39.8 Å². The monoisotopic (exact) mass is 439 g/mol. The second-order valence-electron chi connectivity index (χ2n) is 7.90. The summed E-state index contributed by atoms with van der Waals surface area (Å²) in [7, 11) is 0. The van der Waals surface area contributed by atoms with Gasteiger partial charge in [-0.15, -0.1) is 0 Å². The van der Waals surface area contributed by atoms with Gasteiger partial charge in [0.1, 0.15) is 12.2 Å². The van der Waals surface area contributed by atoms with Gasteiger partial charge in [0.2, 0.25) is 5.79 Å². The van der Waals surface area contributed by atoms with Crippen molar-refractivity contribution in [2.45, 2.75) is 30.7 Å². The van der Waals surface area contributed by atoms with Crippen LogP contribution in [-0.4, -0.2) is 67.2 Å². The largest absolute Gasteiger partial charge is 0.422 e. The number of fused-ring (bicyclic) bond motifs is 4. The van der Waals surface area contributed by atoms with Gasteiger partial charge in [-0.1, -0.05) is 30.3 Å². The lowest BCUT2D eigenvalue weighted by Crippen LogP contribution is -2.46. The first kappa shape index (κ1) is 20.8. The summed E-state index contributed by atoms with van der Waals surface area (Å²) in [6.45, 7) is -1.48. The second-order valence-corrected chi connectivity index (χ2v) is 7.90. The van der Waals surface area contributed by atoms with E-state index >= 15 is 0 Å². The quantitative estimate of drug-likeness (QED) is 0.201. The van der Waals surface area contributed by atoms with Crippen LogP contribution in [-0.2, 0) is 16.1 Å². The highest BCUT2D eigenvalue weighted by atomic mass is 16.7. The Morgan fingerprint density at radius 3 is 2.44 bits per heavy atom. The molecule has 4 atom stereocenters. The minimum Gasteiger partial charge on any atom is -0.422 e. The van der Waals surface area contributed by atoms with E-state index in [9.17, 15) is 30.3 Å². The first-order chi connectivity index (χ1) is 15.4. The minimum absolute atomic E-state index is 0.0538. The molecule has 0 bridgehead atoms. The Morgan fingerprint density at radius 1 is 1.06 bits per heavy atom. The molecule has 0 aliphatic carbocycles. The number of nitrogens with one attached hydrogen (secondary N) is 1. The molecule has 0 saturated carbocycles. The van der Waals surface area contributed by atoms with E-state index in [1.165, 1.54) is 0 Å². The van der Waals surface area contributed by atoms with E-state index in [0.29, 0.717) is 10.9 Å². The Labute approximate surface area is 181 Å². The van der Waals surface area contributed by atoms with E-state index in [4.69, 9.17) is 9.47 Å². The van der Waals surface area contributed by atoms with Gasteiger partial charge >= 0.3 is 5.97 Å². The molecule has 1 fully saturated rings. The first-order valence-electron chi connectivity index (χ1n) is 10.0. The number of hydrogen-bond acceptors (Lipinski definition) is 8. The number of aromatic amines is 1. The summed E-state index contributed by atoms with van der Waals surface area (Å²) in [6.07, 6.45) is -5.46. The smallest absolute Gasteiger partial charge is 0.343 e. The maximum Gasteiger partial charge on any atom is 0.343 e. The van der Waals surface area contributed by atoms with E-state index in [1.54, 1.807) is 6.07 Å². The van der Waals surface area contributed by atoms with Crippen LogP contribution in [0.5, 0.6) is 5.75 Å². The molecule has 32 heavy (non-hydrogen) atoms. The zero-order valence-electron chi connectivity index (χ0n) is 16.7. The molecule has 0 unspecified atom stereocenters. The molecule has 166 valence electrons. The van der Waals surface area contributed by atoms with Crippen molar-refractivity contribution in [2.24, 2.45) is 0 Å². The zero-order valence-corrected chi connectivity index (χ0v) is 16.7. The second kappa shape index (κ2) is 7.52. The molecule has 1 aromatic heterocycles. The van der Waals surface area contributed by atoms with E-state index in [-0.39, 0.29) is 11.4 Å². The highest BCUT2D eigenvalue weighted by Crippen LogP contribution is 2.39. The third kappa shape index (κ3) is 3.06. The van der Waals surface area contributed by atoms with E-state index in [2.05, 4.69) is 4.98 Å². The summed E-state index contributed by atoms with van der Waals surface area (Å²) in [6, 6.07) is 15.5. The minimum atomic E-state index is -2.49. The summed E-state index contributed by atoms with van der Waals surface area (Å²) in [5.41, 5.74) is 0.860. The summed E-state index contributed by atoms with van der Waals surface area (Å²) in [5, 5.41) is 53.5. The maximum absolute atomic E-state index is 12.8. The third-order valence-electron chi connectivity index (χ3n) is 5.92. The van der Waals surface area contributed by atoms with Crippen molar-refractivity contribution in [3.05, 3.63) is 54.2 Å². The maximum atomic E-state index is 12.8. The number of ether oxygens (including phenoxy) is 2. The molecule has 0 radical (unpaired) electrons. The molecule has 6 N–H and O–H groups in total. The van der Waals surface area contributed by atoms with Crippen LogP contribution in [0, 0.1) is 0 Å². The number of aliphatic hydroxyl groups is 5. The van der Waals surface area contributed by atoms with Crippen molar-refractivity contribution in [3.8, 4) is 5.75 Å². The first-order valence-corrected chi connectivity index (χ1v) is 10.0. The average molecular weight is 439 g/mol. The number of esters is 1. The molecule has 2 heterocycles. The van der Waals surface area contributed by atoms with Crippen molar-refractivity contribution in [1.29, 1.82) is 0 Å². The van der Waals surface area contributed by atoms with Gasteiger partial charge in [0.05, 0.1) is 29.8 Å². The summed E-state index contributed by atoms with van der Waals surface area (Å²) in [5.74, 6) is -3.53. The van der Waals surface area contributed by atoms with Crippen molar-refractivity contribution >= 4 is 38.4 Å². The van der Waals surface area contributed by atoms with Crippen LogP contribution in [0.3, 0.4) is 0 Å². The van der Waals surface area contributed by atoms with Gasteiger partial charge in [0.15, 0.2) is 11.9 Å². The Hall–Kier alpha value is -3.05. The van der Waals surface area contributed by atoms with Gasteiger partial charge in [-0.3, -0.25) is 0 Å². The molecule has 3 aromatic carbocycles. The van der Waals surface area contributed by atoms with Gasteiger partial charge in [-0.2, -0.15) is 0 Å². The molecule has 5 rings (SSSR count). The SMILES string of the molecule is O=C(Oc1c(CO)[nH]c2ccc3cc4ccccc4cc3c12)[C@@H]1O[C@@](O)(CO)[C@H](O)[C@H]1O. The Balaban J connectivity index is 1.62. The van der Waals surface area contributed by atoms with Gasteiger partial charge in [-0.25, -0.2) is 4.79 Å². The standard InChI is InChI=1S/C23H21NO8/c25-9-16-19(31-22(29)20-18(27)21(28)23(30,10-26)32-20)17-14-8-12-4-2-1-3-11(12)7-13(14)5-6-15(17)24-16/h1-8,18,20-21,24-28,30H,9-10H2/t18-,20+,21+,23-/m0/s1. The van der Waals surface area contributed by atoms with Crippen LogP contribution < -0.4 is 4.74 Å². The van der Waals surface area contributed by atoms with E-state index in [1.807, 2.05) is 42.5 Å². The number of carbonyl (C=O) groups excluding carboxylic acids is 1. The van der Waals surface area contributed by atoms with E-state index < -0.39 is 43.3 Å². The van der Waals surface area contributed by atoms with Crippen molar-refractivity contribution in [3.63, 3.8) is 0 Å². The average Bonchev–Trinajstić information content (AvgIpc) is 3.28. The molecule has 4 aromatic rings. The van der Waals surface area contributed by atoms with Gasteiger partial charge in [0, 0.05) is 0 Å². The fourth-order valence-corrected chi connectivity index (χ4v) is 4.23. The topological polar surface area (TPSA) is 152 Å². The summed E-state index contributed by atoms with van der Waals surface area (Å²) in [4.78, 5) is 15.9. The van der Waals surface area contributed by atoms with Gasteiger partial charge in [0.25, 0.3) is 0 Å². The molecular formula is C23H21NO8. The number of aromatic nitrogens is 1. The summed E-state index contributed by atoms with van der Waals surface area (Å²) < 4.78 is 10.6. The predicted molar refractivity (Wildman–Crippen MR) is 114 cm³/mol. The molecule has 9 nitrogen and oxygen atoms in total. The lowest BCUT2D eigenvalue weighted by Gasteiger charge is -2.22. The van der Waals surface area contributed by atoms with Gasteiger partial charge in [-0.05, 0) is 39.7 Å². The molecule has 0 spiro atoms. The number of H-pyrrole nitrogens is 1. The highest BCUT2D eigenvalue weighted by Gasteiger charge is 2.56. The molecule has 1 aliphatic rings. The van der Waals surface area contributed by atoms with Crippen molar-refractivity contribution in [2.75, 3.05) is 6.61 Å². The Bertz CT molecular complexity index is 1350. The van der Waals surface area contributed by atoms with E-state index in [0.717, 1.165) is 21.5 Å². The fraction of sp³-hybridized carbons (Fsp3) is 0.261. The Kier molecular flexibility index (Phi) is 4.90. The van der Waals surface area contributed by atoms with Gasteiger partial charge < -0.3 is 40.0 Å². The zero-order chi connectivity index (χ0) is 22.6. The molecule has 9 heteroatoms. The number of hydrogen-bond donors (Lipinski definition) is 6. The summed E-state index contributed by atoms with van der Waals surface area (Å²) >= 11 is 0. The lowest BCUT2D eigenvalue weighted by molar-refractivity contribution is -0.246. The number of aliphatic hydroxyl groups excluding tert-OH is 4. The number of carbonyl (C=O) groups is 1. The molecular weight excluding hydrogens is 418 g/mol. The van der Waals surface area contributed by atoms with Crippen LogP contribution in [0.15, 0.2) is 48.5 Å². The van der Waals surface area contributed by atoms with Crippen LogP contribution in [0.1, 0.15) is 5.69 Å².